The van der Waals surface area contributed by atoms with Crippen molar-refractivity contribution in [3.8, 4) is 5.75 Å². The summed E-state index contributed by atoms with van der Waals surface area (Å²) in [6.45, 7) is 8.69. The van der Waals surface area contributed by atoms with Gasteiger partial charge in [-0.25, -0.2) is 0 Å². The van der Waals surface area contributed by atoms with Crippen LogP contribution < -0.4 is 5.32 Å². The number of aliphatic imine (C=N–C) groups is 1. The molecule has 170 valence electrons. The molecule has 0 fully saturated rings. The summed E-state index contributed by atoms with van der Waals surface area (Å²) in [6.07, 6.45) is 0.503. The molecule has 3 aromatic carbocycles. The van der Waals surface area contributed by atoms with Gasteiger partial charge in [-0.1, -0.05) is 57.5 Å². The van der Waals surface area contributed by atoms with Crippen LogP contribution in [0.4, 0.5) is 5.69 Å². The number of anilines is 1. The fourth-order valence-electron chi connectivity index (χ4n) is 4.24. The van der Waals surface area contributed by atoms with Gasteiger partial charge in [0.25, 0.3) is 0 Å². The summed E-state index contributed by atoms with van der Waals surface area (Å²) in [5.74, 6) is 0.774. The van der Waals surface area contributed by atoms with E-state index in [4.69, 9.17) is 16.6 Å². The number of fused-ring (bicyclic) bond motifs is 1. The van der Waals surface area contributed by atoms with E-state index in [1.807, 2.05) is 24.3 Å². The third-order valence-electron chi connectivity index (χ3n) is 6.09. The first-order chi connectivity index (χ1) is 15.7. The van der Waals surface area contributed by atoms with E-state index in [1.54, 1.807) is 18.2 Å². The maximum absolute atomic E-state index is 13.3. The second-order valence-electron chi connectivity index (χ2n) is 9.19. The number of nitrogens with zero attached hydrogens (tertiary/aromatic N) is 1. The summed E-state index contributed by atoms with van der Waals surface area (Å²) in [7, 11) is 0. The fraction of sp³-hybridized carbons (Fsp3) is 0.286. The maximum Gasteiger partial charge on any atom is 0.249 e. The Morgan fingerprint density at radius 3 is 2.36 bits per heavy atom. The minimum Gasteiger partial charge on any atom is -0.508 e. The third-order valence-corrected chi connectivity index (χ3v) is 6.33. The van der Waals surface area contributed by atoms with Gasteiger partial charge in [0.05, 0.1) is 11.4 Å². The molecule has 1 atom stereocenters. The van der Waals surface area contributed by atoms with Crippen LogP contribution in [0.1, 0.15) is 67.3 Å². The number of amides is 1. The zero-order valence-corrected chi connectivity index (χ0v) is 20.1. The quantitative estimate of drug-likeness (QED) is 0.445. The van der Waals surface area contributed by atoms with Crippen molar-refractivity contribution in [1.82, 2.24) is 0 Å². The first-order valence-electron chi connectivity index (χ1n) is 11.3. The van der Waals surface area contributed by atoms with Gasteiger partial charge in [-0.2, -0.15) is 0 Å². The number of benzene rings is 3. The van der Waals surface area contributed by atoms with Crippen molar-refractivity contribution in [2.24, 2.45) is 4.99 Å². The van der Waals surface area contributed by atoms with Crippen LogP contribution in [0.3, 0.4) is 0 Å². The largest absolute Gasteiger partial charge is 0.508 e. The lowest BCUT2D eigenvalue weighted by Crippen LogP contribution is -2.28. The summed E-state index contributed by atoms with van der Waals surface area (Å²) in [5.41, 5.74) is 6.58. The highest BCUT2D eigenvalue weighted by atomic mass is 35.5. The third kappa shape index (κ3) is 4.96. The Morgan fingerprint density at radius 2 is 1.70 bits per heavy atom. The first kappa shape index (κ1) is 23.1. The molecular weight excluding hydrogens is 432 g/mol. The lowest BCUT2D eigenvalue weighted by atomic mass is 9.89. The van der Waals surface area contributed by atoms with Crippen LogP contribution in [-0.4, -0.2) is 22.8 Å². The van der Waals surface area contributed by atoms with Crippen molar-refractivity contribution in [3.63, 3.8) is 0 Å². The van der Waals surface area contributed by atoms with Crippen LogP contribution in [0.5, 0.6) is 5.75 Å². The van der Waals surface area contributed by atoms with Crippen molar-refractivity contribution in [1.29, 1.82) is 0 Å². The topological polar surface area (TPSA) is 61.7 Å². The monoisotopic (exact) mass is 460 g/mol. The number of carbonyl (C=O) groups is 1. The van der Waals surface area contributed by atoms with E-state index in [1.165, 1.54) is 11.1 Å². The van der Waals surface area contributed by atoms with Gasteiger partial charge >= 0.3 is 0 Å². The Balaban J connectivity index is 1.83. The van der Waals surface area contributed by atoms with Gasteiger partial charge < -0.3 is 10.4 Å². The molecule has 0 bridgehead atoms. The smallest absolute Gasteiger partial charge is 0.249 e. The summed E-state index contributed by atoms with van der Waals surface area (Å²) >= 11 is 6.31. The molecule has 0 saturated heterocycles. The molecule has 1 aliphatic rings. The SMILES string of the molecule is CC(C)c1ccc(C(C)C)c(CC2N=C(c3ccc(O)cc3)c3cc(Cl)ccc3NC2=O)c1. The number of phenols is 1. The number of hydrogen-bond acceptors (Lipinski definition) is 3. The van der Waals surface area contributed by atoms with Crippen LogP contribution in [0.15, 0.2) is 65.7 Å². The molecule has 0 aliphatic carbocycles. The van der Waals surface area contributed by atoms with Crippen molar-refractivity contribution in [2.75, 3.05) is 5.32 Å². The van der Waals surface area contributed by atoms with Crippen LogP contribution in [-0.2, 0) is 11.2 Å². The first-order valence-corrected chi connectivity index (χ1v) is 11.7. The molecule has 1 unspecified atom stereocenters. The lowest BCUT2D eigenvalue weighted by Gasteiger charge is -2.19. The highest BCUT2D eigenvalue weighted by Crippen LogP contribution is 2.30. The highest BCUT2D eigenvalue weighted by Gasteiger charge is 2.27. The van der Waals surface area contributed by atoms with E-state index < -0.39 is 6.04 Å². The number of aromatic hydroxyl groups is 1. The second kappa shape index (κ2) is 9.40. The van der Waals surface area contributed by atoms with E-state index in [9.17, 15) is 9.90 Å². The molecule has 4 nitrogen and oxygen atoms in total. The fourth-order valence-corrected chi connectivity index (χ4v) is 4.41. The molecule has 1 aliphatic heterocycles. The Morgan fingerprint density at radius 1 is 0.970 bits per heavy atom. The van der Waals surface area contributed by atoms with Crippen LogP contribution in [0.2, 0.25) is 5.02 Å². The van der Waals surface area contributed by atoms with Crippen LogP contribution in [0.25, 0.3) is 0 Å². The van der Waals surface area contributed by atoms with Gasteiger partial charge in [-0.05, 0) is 71.0 Å². The molecule has 0 radical (unpaired) electrons. The summed E-state index contributed by atoms with van der Waals surface area (Å²) in [4.78, 5) is 18.3. The molecule has 1 heterocycles. The average Bonchev–Trinajstić information content (AvgIpc) is 2.90. The van der Waals surface area contributed by atoms with Crippen molar-refractivity contribution in [2.45, 2.75) is 52.0 Å². The number of hydrogen-bond donors (Lipinski definition) is 2. The van der Waals surface area contributed by atoms with E-state index >= 15 is 0 Å². The zero-order chi connectivity index (χ0) is 23.7. The van der Waals surface area contributed by atoms with Gasteiger partial charge in [0.2, 0.25) is 5.91 Å². The molecular formula is C28H29ClN2O2. The van der Waals surface area contributed by atoms with Crippen LogP contribution in [0, 0.1) is 0 Å². The van der Waals surface area contributed by atoms with E-state index in [2.05, 4.69) is 51.2 Å². The molecule has 0 saturated carbocycles. The minimum absolute atomic E-state index is 0.142. The predicted octanol–water partition coefficient (Wildman–Crippen LogP) is 6.69. The van der Waals surface area contributed by atoms with Gasteiger partial charge in [-0.3, -0.25) is 9.79 Å². The second-order valence-corrected chi connectivity index (χ2v) is 9.63. The molecule has 4 rings (SSSR count). The van der Waals surface area contributed by atoms with Crippen molar-refractivity contribution in [3.05, 3.63) is 93.5 Å². The maximum atomic E-state index is 13.3. The molecule has 2 N–H and O–H groups in total. The van der Waals surface area contributed by atoms with E-state index in [-0.39, 0.29) is 11.7 Å². The standard InChI is InChI=1S/C28H29ClN2O2/c1-16(2)19-7-11-23(17(3)4)20(13-19)14-26-28(33)31-25-12-8-21(29)15-24(25)27(30-26)18-5-9-22(32)10-6-18/h5-13,15-17,26,32H,14H2,1-4H3,(H,31,33). The number of rotatable bonds is 5. The summed E-state index contributed by atoms with van der Waals surface area (Å²) in [6, 6.07) is 18.3. The zero-order valence-electron chi connectivity index (χ0n) is 19.4. The van der Waals surface area contributed by atoms with E-state index in [0.717, 1.165) is 16.7 Å². The van der Waals surface area contributed by atoms with Gasteiger partial charge in [0.15, 0.2) is 0 Å². The average molecular weight is 461 g/mol. The molecule has 33 heavy (non-hydrogen) atoms. The van der Waals surface area contributed by atoms with Crippen molar-refractivity contribution >= 4 is 28.9 Å². The molecule has 0 aromatic heterocycles. The minimum atomic E-state index is -0.597. The van der Waals surface area contributed by atoms with Gasteiger partial charge in [0, 0.05) is 22.6 Å². The number of halogens is 1. The lowest BCUT2D eigenvalue weighted by molar-refractivity contribution is -0.117. The molecule has 1 amide bonds. The van der Waals surface area contributed by atoms with Gasteiger partial charge in [0.1, 0.15) is 11.8 Å². The number of nitrogens with one attached hydrogen (secondary N) is 1. The Bertz CT molecular complexity index is 1210. The molecule has 5 heteroatoms. The predicted molar refractivity (Wildman–Crippen MR) is 136 cm³/mol. The number of benzodiazepines with no additional fused rings is 1. The number of phenolic OH excluding ortho intramolecular Hbond substituents is 1. The van der Waals surface area contributed by atoms with Crippen molar-refractivity contribution < 1.29 is 9.90 Å². The molecule has 0 spiro atoms. The summed E-state index contributed by atoms with van der Waals surface area (Å²) in [5, 5.41) is 13.4. The van der Waals surface area contributed by atoms with E-state index in [0.29, 0.717) is 34.7 Å². The Labute approximate surface area is 200 Å². The number of carbonyl (C=O) groups excluding carboxylic acids is 1. The summed E-state index contributed by atoms with van der Waals surface area (Å²) < 4.78 is 0. The van der Waals surface area contributed by atoms with Crippen LogP contribution >= 0.6 is 11.6 Å². The Kier molecular flexibility index (Phi) is 6.57. The highest BCUT2D eigenvalue weighted by molar-refractivity contribution is 6.32. The Hall–Kier alpha value is -3.11. The molecule has 3 aromatic rings. The van der Waals surface area contributed by atoms with Gasteiger partial charge in [-0.15, -0.1) is 0 Å². The normalized spacial score (nSPS) is 15.8.